The van der Waals surface area contributed by atoms with Gasteiger partial charge in [-0.25, -0.2) is 8.42 Å². The molecule has 1 aliphatic heterocycles. The van der Waals surface area contributed by atoms with Gasteiger partial charge < -0.3 is 4.74 Å². The third kappa shape index (κ3) is 5.13. The van der Waals surface area contributed by atoms with Crippen molar-refractivity contribution in [1.29, 1.82) is 0 Å². The summed E-state index contributed by atoms with van der Waals surface area (Å²) in [4.78, 5) is 11.9. The number of rotatable bonds is 3. The second-order valence-corrected chi connectivity index (χ2v) is 8.16. The van der Waals surface area contributed by atoms with Crippen LogP contribution in [0, 0.1) is 5.92 Å². The zero-order chi connectivity index (χ0) is 13.7. The number of ether oxygens (including phenoxy) is 1. The minimum atomic E-state index is -2.89. The lowest BCUT2D eigenvalue weighted by Gasteiger charge is -2.20. The largest absolute Gasteiger partial charge is 0.462 e. The van der Waals surface area contributed by atoms with Crippen LogP contribution in [0.2, 0.25) is 0 Å². The van der Waals surface area contributed by atoms with Gasteiger partial charge >= 0.3 is 5.97 Å². The number of esters is 1. The fourth-order valence-corrected chi connectivity index (χ4v) is 4.90. The summed E-state index contributed by atoms with van der Waals surface area (Å²) in [6.07, 6.45) is 8.91. The first-order chi connectivity index (χ1) is 9.05. The number of sulfone groups is 1. The van der Waals surface area contributed by atoms with E-state index in [0.29, 0.717) is 6.42 Å². The van der Waals surface area contributed by atoms with E-state index in [0.717, 1.165) is 25.7 Å². The van der Waals surface area contributed by atoms with Crippen LogP contribution in [-0.2, 0) is 19.4 Å². The number of carbonyl (C=O) groups is 1. The van der Waals surface area contributed by atoms with Gasteiger partial charge in [-0.3, -0.25) is 4.79 Å². The van der Waals surface area contributed by atoms with Gasteiger partial charge in [0.1, 0.15) is 6.10 Å². The predicted octanol–water partition coefficient (Wildman–Crippen LogP) is 2.47. The molecule has 1 unspecified atom stereocenters. The Bertz CT molecular complexity index is 394. The molecule has 0 radical (unpaired) electrons. The second kappa shape index (κ2) is 6.73. The summed E-state index contributed by atoms with van der Waals surface area (Å²) in [6.45, 7) is 0. The quantitative estimate of drug-likeness (QED) is 0.748. The van der Waals surface area contributed by atoms with Gasteiger partial charge in [-0.1, -0.05) is 19.3 Å². The van der Waals surface area contributed by atoms with Crippen LogP contribution in [-0.4, -0.2) is 32.0 Å². The summed E-state index contributed by atoms with van der Waals surface area (Å²) >= 11 is 0. The van der Waals surface area contributed by atoms with Crippen molar-refractivity contribution in [2.45, 2.75) is 63.9 Å². The van der Waals surface area contributed by atoms with Crippen LogP contribution in [0.5, 0.6) is 0 Å². The zero-order valence-corrected chi connectivity index (χ0v) is 12.3. The first-order valence-corrected chi connectivity index (χ1v) is 9.27. The summed E-state index contributed by atoms with van der Waals surface area (Å²) in [7, 11) is -2.89. The Morgan fingerprint density at radius 2 is 1.63 bits per heavy atom. The highest BCUT2D eigenvalue weighted by atomic mass is 32.2. The Hall–Kier alpha value is -0.580. The Labute approximate surface area is 115 Å². The van der Waals surface area contributed by atoms with E-state index in [4.69, 9.17) is 4.74 Å². The fraction of sp³-hybridized carbons (Fsp3) is 0.929. The van der Waals surface area contributed by atoms with E-state index in [1.54, 1.807) is 0 Å². The van der Waals surface area contributed by atoms with Crippen LogP contribution in [0.25, 0.3) is 0 Å². The predicted molar refractivity (Wildman–Crippen MR) is 73.6 cm³/mol. The number of hydrogen-bond donors (Lipinski definition) is 0. The molecule has 2 rings (SSSR count). The van der Waals surface area contributed by atoms with Gasteiger partial charge in [0.25, 0.3) is 0 Å². The molecule has 110 valence electrons. The fourth-order valence-electron chi connectivity index (χ4n) is 3.04. The molecule has 0 amide bonds. The maximum Gasteiger partial charge on any atom is 0.306 e. The molecule has 0 bridgehead atoms. The SMILES string of the molecule is O=C(CC1CCS(=O)(=O)C1)OC1CCCCCCC1. The minimum Gasteiger partial charge on any atom is -0.462 e. The molecule has 4 nitrogen and oxygen atoms in total. The molecule has 0 spiro atoms. The van der Waals surface area contributed by atoms with Gasteiger partial charge in [0.2, 0.25) is 0 Å². The van der Waals surface area contributed by atoms with Crippen LogP contribution in [0.1, 0.15) is 57.8 Å². The molecule has 1 saturated heterocycles. The molecule has 19 heavy (non-hydrogen) atoms. The van der Waals surface area contributed by atoms with Gasteiger partial charge in [0.05, 0.1) is 11.5 Å². The topological polar surface area (TPSA) is 60.4 Å². The lowest BCUT2D eigenvalue weighted by Crippen LogP contribution is -2.21. The van der Waals surface area contributed by atoms with E-state index in [-0.39, 0.29) is 35.9 Å². The lowest BCUT2D eigenvalue weighted by atomic mass is 9.98. The van der Waals surface area contributed by atoms with Gasteiger partial charge in [-0.05, 0) is 38.0 Å². The van der Waals surface area contributed by atoms with Crippen molar-refractivity contribution in [1.82, 2.24) is 0 Å². The molecule has 1 atom stereocenters. The van der Waals surface area contributed by atoms with E-state index in [1.165, 1.54) is 19.3 Å². The summed E-state index contributed by atoms with van der Waals surface area (Å²) < 4.78 is 28.2. The van der Waals surface area contributed by atoms with Crippen LogP contribution < -0.4 is 0 Å². The maximum absolute atomic E-state index is 11.9. The van der Waals surface area contributed by atoms with Gasteiger partial charge in [0.15, 0.2) is 9.84 Å². The summed E-state index contributed by atoms with van der Waals surface area (Å²) in [6, 6.07) is 0. The van der Waals surface area contributed by atoms with Crippen LogP contribution in [0.4, 0.5) is 0 Å². The number of carbonyl (C=O) groups excluding carboxylic acids is 1. The van der Waals surface area contributed by atoms with Crippen LogP contribution in [0.15, 0.2) is 0 Å². The first-order valence-electron chi connectivity index (χ1n) is 7.45. The molecular formula is C14H24O4S. The van der Waals surface area contributed by atoms with Crippen molar-refractivity contribution in [2.24, 2.45) is 5.92 Å². The van der Waals surface area contributed by atoms with Crippen molar-refractivity contribution >= 4 is 15.8 Å². The van der Waals surface area contributed by atoms with Gasteiger partial charge in [-0.2, -0.15) is 0 Å². The monoisotopic (exact) mass is 288 g/mol. The molecule has 1 saturated carbocycles. The third-order valence-electron chi connectivity index (χ3n) is 4.13. The molecule has 1 heterocycles. The third-order valence-corrected chi connectivity index (χ3v) is 5.97. The molecule has 5 heteroatoms. The molecular weight excluding hydrogens is 264 g/mol. The Morgan fingerprint density at radius 1 is 1.00 bits per heavy atom. The van der Waals surface area contributed by atoms with E-state index >= 15 is 0 Å². The van der Waals surface area contributed by atoms with Crippen molar-refractivity contribution in [3.8, 4) is 0 Å². The van der Waals surface area contributed by atoms with Gasteiger partial charge in [0, 0.05) is 6.42 Å². The lowest BCUT2D eigenvalue weighted by molar-refractivity contribution is -0.151. The molecule has 0 aromatic heterocycles. The molecule has 1 aliphatic carbocycles. The summed E-state index contributed by atoms with van der Waals surface area (Å²) in [5.41, 5.74) is 0. The average molecular weight is 288 g/mol. The van der Waals surface area contributed by atoms with Gasteiger partial charge in [-0.15, -0.1) is 0 Å². The molecule has 2 fully saturated rings. The smallest absolute Gasteiger partial charge is 0.306 e. The Kier molecular flexibility index (Phi) is 5.25. The van der Waals surface area contributed by atoms with Crippen molar-refractivity contribution in [2.75, 3.05) is 11.5 Å². The summed E-state index contributed by atoms with van der Waals surface area (Å²) in [5, 5.41) is 0. The Balaban J connectivity index is 1.74. The standard InChI is InChI=1S/C14H24O4S/c15-14(10-12-8-9-19(16,17)11-12)18-13-6-4-2-1-3-5-7-13/h12-13H,1-11H2. The van der Waals surface area contributed by atoms with E-state index in [1.807, 2.05) is 0 Å². The average Bonchev–Trinajstić information content (AvgIpc) is 2.61. The highest BCUT2D eigenvalue weighted by molar-refractivity contribution is 7.91. The maximum atomic E-state index is 11.9. The second-order valence-electron chi connectivity index (χ2n) is 5.93. The first kappa shape index (κ1) is 14.8. The molecule has 0 aromatic carbocycles. The van der Waals surface area contributed by atoms with Crippen molar-refractivity contribution in [3.63, 3.8) is 0 Å². The molecule has 0 N–H and O–H groups in total. The van der Waals surface area contributed by atoms with Crippen molar-refractivity contribution < 1.29 is 17.9 Å². The minimum absolute atomic E-state index is 0.0222. The van der Waals surface area contributed by atoms with E-state index < -0.39 is 9.84 Å². The van der Waals surface area contributed by atoms with E-state index in [9.17, 15) is 13.2 Å². The highest BCUT2D eigenvalue weighted by Crippen LogP contribution is 2.24. The van der Waals surface area contributed by atoms with Crippen molar-refractivity contribution in [3.05, 3.63) is 0 Å². The summed E-state index contributed by atoms with van der Waals surface area (Å²) in [5.74, 6) is 0.167. The number of hydrogen-bond acceptors (Lipinski definition) is 4. The highest BCUT2D eigenvalue weighted by Gasteiger charge is 2.30. The molecule has 2 aliphatic rings. The zero-order valence-electron chi connectivity index (χ0n) is 11.5. The van der Waals surface area contributed by atoms with Crippen LogP contribution >= 0.6 is 0 Å². The van der Waals surface area contributed by atoms with E-state index in [2.05, 4.69) is 0 Å². The normalized spacial score (nSPS) is 28.5. The Morgan fingerprint density at radius 3 is 2.21 bits per heavy atom. The van der Waals surface area contributed by atoms with Crippen LogP contribution in [0.3, 0.4) is 0 Å². The molecule has 0 aromatic rings.